The minimum atomic E-state index is -0.947. The Morgan fingerprint density at radius 3 is 2.52 bits per heavy atom. The lowest BCUT2D eigenvalue weighted by Crippen LogP contribution is -2.39. The molecule has 1 heterocycles. The molecule has 0 saturated carbocycles. The number of aromatic nitrogens is 2. The zero-order valence-electron chi connectivity index (χ0n) is 15.8. The van der Waals surface area contributed by atoms with Gasteiger partial charge in [-0.25, -0.2) is 0 Å². The molecule has 0 aliphatic rings. The van der Waals surface area contributed by atoms with E-state index in [9.17, 15) is 9.90 Å². The number of likely N-dealkylation sites (N-methyl/N-ethyl adjacent to an activating group) is 1. The summed E-state index contributed by atoms with van der Waals surface area (Å²) in [6.45, 7) is 9.90. The van der Waals surface area contributed by atoms with Crippen LogP contribution in [0, 0.1) is 5.41 Å². The summed E-state index contributed by atoms with van der Waals surface area (Å²) in [7, 11) is 1.67. The predicted octanol–water partition coefficient (Wildman–Crippen LogP) is 3.17. The van der Waals surface area contributed by atoms with Gasteiger partial charge in [0.1, 0.15) is 0 Å². The van der Waals surface area contributed by atoms with Crippen LogP contribution in [0.5, 0.6) is 0 Å². The van der Waals surface area contributed by atoms with Crippen LogP contribution < -0.4 is 0 Å². The molecule has 1 N–H and O–H groups in total. The Morgan fingerprint density at radius 2 is 1.92 bits per heavy atom. The maximum atomic E-state index is 12.5. The van der Waals surface area contributed by atoms with Gasteiger partial charge in [0.05, 0.1) is 5.60 Å². The van der Waals surface area contributed by atoms with Crippen LogP contribution in [0.15, 0.2) is 28.8 Å². The van der Waals surface area contributed by atoms with Crippen molar-refractivity contribution in [3.63, 3.8) is 0 Å². The number of amides is 1. The standard InChI is InChI=1S/C19H27N3O3/c1-18(2,3)11-15-20-16(21-25-15)13-8-7-9-14(10-13)17(23)22(6)12-19(4,5)24/h7-10,24H,11-12H2,1-6H3. The van der Waals surface area contributed by atoms with Crippen molar-refractivity contribution in [2.45, 2.75) is 46.6 Å². The molecule has 1 aromatic heterocycles. The maximum absolute atomic E-state index is 12.5. The number of aliphatic hydroxyl groups is 1. The minimum absolute atomic E-state index is 0.0570. The van der Waals surface area contributed by atoms with Crippen LogP contribution in [-0.4, -0.2) is 45.2 Å². The first-order chi connectivity index (χ1) is 11.4. The third-order valence-electron chi connectivity index (χ3n) is 3.49. The van der Waals surface area contributed by atoms with Crippen molar-refractivity contribution in [3.05, 3.63) is 35.7 Å². The topological polar surface area (TPSA) is 79.5 Å². The Balaban J connectivity index is 2.20. The van der Waals surface area contributed by atoms with Gasteiger partial charge < -0.3 is 14.5 Å². The number of nitrogens with zero attached hydrogens (tertiary/aromatic N) is 3. The van der Waals surface area contributed by atoms with E-state index in [1.165, 1.54) is 4.90 Å². The molecule has 0 bridgehead atoms. The minimum Gasteiger partial charge on any atom is -0.389 e. The van der Waals surface area contributed by atoms with Crippen molar-refractivity contribution in [3.8, 4) is 11.4 Å². The van der Waals surface area contributed by atoms with E-state index in [2.05, 4.69) is 30.9 Å². The molecular formula is C19H27N3O3. The van der Waals surface area contributed by atoms with Gasteiger partial charge in [-0.3, -0.25) is 4.79 Å². The molecule has 6 heteroatoms. The van der Waals surface area contributed by atoms with Crippen molar-refractivity contribution in [2.75, 3.05) is 13.6 Å². The second-order valence-electron chi connectivity index (χ2n) is 8.30. The lowest BCUT2D eigenvalue weighted by Gasteiger charge is -2.25. The van der Waals surface area contributed by atoms with Gasteiger partial charge in [0.2, 0.25) is 11.7 Å². The highest BCUT2D eigenvalue weighted by atomic mass is 16.5. The summed E-state index contributed by atoms with van der Waals surface area (Å²) >= 11 is 0. The first-order valence-electron chi connectivity index (χ1n) is 8.35. The Kier molecular flexibility index (Phi) is 5.32. The van der Waals surface area contributed by atoms with Gasteiger partial charge in [0.15, 0.2) is 0 Å². The fourth-order valence-electron chi connectivity index (χ4n) is 2.56. The zero-order chi connectivity index (χ0) is 18.8. The van der Waals surface area contributed by atoms with Gasteiger partial charge in [-0.05, 0) is 31.4 Å². The molecule has 0 unspecified atom stereocenters. The number of carbonyl (C=O) groups is 1. The molecule has 1 aromatic carbocycles. The molecule has 0 atom stereocenters. The van der Waals surface area contributed by atoms with E-state index in [0.29, 0.717) is 23.7 Å². The average Bonchev–Trinajstić information content (AvgIpc) is 2.91. The molecule has 2 aromatic rings. The summed E-state index contributed by atoms with van der Waals surface area (Å²) in [5, 5.41) is 13.9. The zero-order valence-corrected chi connectivity index (χ0v) is 15.8. The summed E-state index contributed by atoms with van der Waals surface area (Å²) in [6, 6.07) is 7.12. The smallest absolute Gasteiger partial charge is 0.253 e. The van der Waals surface area contributed by atoms with Crippen molar-refractivity contribution < 1.29 is 14.4 Å². The van der Waals surface area contributed by atoms with E-state index in [0.717, 1.165) is 5.56 Å². The summed E-state index contributed by atoms with van der Waals surface area (Å²) in [4.78, 5) is 18.5. The van der Waals surface area contributed by atoms with E-state index >= 15 is 0 Å². The maximum Gasteiger partial charge on any atom is 0.253 e. The van der Waals surface area contributed by atoms with Gasteiger partial charge >= 0.3 is 0 Å². The van der Waals surface area contributed by atoms with Gasteiger partial charge in [-0.2, -0.15) is 4.98 Å². The highest BCUT2D eigenvalue weighted by Crippen LogP contribution is 2.23. The number of benzene rings is 1. The van der Waals surface area contributed by atoms with Crippen LogP contribution in [-0.2, 0) is 6.42 Å². The molecule has 0 spiro atoms. The third-order valence-corrected chi connectivity index (χ3v) is 3.49. The van der Waals surface area contributed by atoms with Crippen LogP contribution >= 0.6 is 0 Å². The monoisotopic (exact) mass is 345 g/mol. The van der Waals surface area contributed by atoms with E-state index in [-0.39, 0.29) is 17.9 Å². The second kappa shape index (κ2) is 6.96. The normalized spacial score (nSPS) is 12.3. The quantitative estimate of drug-likeness (QED) is 0.900. The fourth-order valence-corrected chi connectivity index (χ4v) is 2.56. The Bertz CT molecular complexity index is 739. The molecule has 6 nitrogen and oxygen atoms in total. The number of hydrogen-bond acceptors (Lipinski definition) is 5. The van der Waals surface area contributed by atoms with Crippen LogP contribution in [0.1, 0.15) is 50.9 Å². The number of rotatable bonds is 5. The van der Waals surface area contributed by atoms with Crippen molar-refractivity contribution in [2.24, 2.45) is 5.41 Å². The van der Waals surface area contributed by atoms with Crippen molar-refractivity contribution in [1.29, 1.82) is 0 Å². The molecule has 0 aliphatic carbocycles. The fraction of sp³-hybridized carbons (Fsp3) is 0.526. The Morgan fingerprint density at radius 1 is 1.24 bits per heavy atom. The Hall–Kier alpha value is -2.21. The average molecular weight is 345 g/mol. The van der Waals surface area contributed by atoms with Crippen LogP contribution in [0.3, 0.4) is 0 Å². The van der Waals surface area contributed by atoms with Crippen molar-refractivity contribution in [1.82, 2.24) is 15.0 Å². The van der Waals surface area contributed by atoms with E-state index in [1.807, 2.05) is 6.07 Å². The lowest BCUT2D eigenvalue weighted by atomic mass is 9.92. The molecule has 0 aliphatic heterocycles. The van der Waals surface area contributed by atoms with E-state index in [4.69, 9.17) is 4.52 Å². The summed E-state index contributed by atoms with van der Waals surface area (Å²) in [6.07, 6.45) is 0.687. The van der Waals surface area contributed by atoms with Gasteiger partial charge in [0, 0.05) is 31.1 Å². The Labute approximate surface area is 148 Å². The summed E-state index contributed by atoms with van der Waals surface area (Å²) < 4.78 is 5.32. The van der Waals surface area contributed by atoms with Crippen molar-refractivity contribution >= 4 is 5.91 Å². The first kappa shape index (κ1) is 19.1. The SMILES string of the molecule is CN(CC(C)(C)O)C(=O)c1cccc(-c2noc(CC(C)(C)C)n2)c1. The highest BCUT2D eigenvalue weighted by molar-refractivity contribution is 5.95. The largest absolute Gasteiger partial charge is 0.389 e. The van der Waals surface area contributed by atoms with E-state index in [1.54, 1.807) is 39.1 Å². The summed E-state index contributed by atoms with van der Waals surface area (Å²) in [5.41, 5.74) is 0.358. The first-order valence-corrected chi connectivity index (χ1v) is 8.35. The van der Waals surface area contributed by atoms with Gasteiger partial charge in [-0.15, -0.1) is 0 Å². The summed E-state index contributed by atoms with van der Waals surface area (Å²) in [5.74, 6) is 0.889. The molecule has 2 rings (SSSR count). The van der Waals surface area contributed by atoms with Crippen LogP contribution in [0.2, 0.25) is 0 Å². The molecule has 0 radical (unpaired) electrons. The second-order valence-corrected chi connectivity index (χ2v) is 8.30. The highest BCUT2D eigenvalue weighted by Gasteiger charge is 2.21. The van der Waals surface area contributed by atoms with Crippen LogP contribution in [0.4, 0.5) is 0 Å². The molecule has 0 saturated heterocycles. The molecular weight excluding hydrogens is 318 g/mol. The lowest BCUT2D eigenvalue weighted by molar-refractivity contribution is 0.0368. The molecule has 136 valence electrons. The molecule has 25 heavy (non-hydrogen) atoms. The van der Waals surface area contributed by atoms with Gasteiger partial charge in [0.25, 0.3) is 5.91 Å². The van der Waals surface area contributed by atoms with Gasteiger partial charge in [-0.1, -0.05) is 38.1 Å². The van der Waals surface area contributed by atoms with E-state index < -0.39 is 5.60 Å². The predicted molar refractivity (Wildman–Crippen MR) is 96.2 cm³/mol. The third kappa shape index (κ3) is 5.67. The number of carbonyl (C=O) groups excluding carboxylic acids is 1. The van der Waals surface area contributed by atoms with Crippen LogP contribution in [0.25, 0.3) is 11.4 Å². The molecule has 0 fully saturated rings. The number of hydrogen-bond donors (Lipinski definition) is 1. The molecule has 1 amide bonds.